The van der Waals surface area contributed by atoms with Crippen LogP contribution in [-0.4, -0.2) is 28.6 Å². The van der Waals surface area contributed by atoms with Crippen molar-refractivity contribution in [2.45, 2.75) is 6.54 Å². The van der Waals surface area contributed by atoms with E-state index in [0.29, 0.717) is 22.6 Å². The Bertz CT molecular complexity index is 1210. The molecule has 8 heteroatoms. The van der Waals surface area contributed by atoms with E-state index in [2.05, 4.69) is 5.32 Å². The minimum atomic E-state index is -0.414. The number of nitrogens with zero attached hydrogens (tertiary/aromatic N) is 1. The van der Waals surface area contributed by atoms with Gasteiger partial charge in [-0.05, 0) is 65.4 Å². The second-order valence-electron chi connectivity index (χ2n) is 7.17. The summed E-state index contributed by atoms with van der Waals surface area (Å²) in [7, 11) is 0. The van der Waals surface area contributed by atoms with Crippen molar-refractivity contribution in [1.82, 2.24) is 4.90 Å². The molecule has 4 rings (SSSR count). The number of hydrogen-bond donors (Lipinski definition) is 1. The molecule has 0 bridgehead atoms. The fraction of sp³-hybridized carbons (Fsp3) is 0.0800. The third-order valence-corrected chi connectivity index (χ3v) is 5.62. The Labute approximate surface area is 194 Å². The van der Waals surface area contributed by atoms with Crippen molar-refractivity contribution in [3.8, 4) is 5.75 Å². The molecule has 3 aromatic rings. The zero-order chi connectivity index (χ0) is 23.2. The molecule has 0 radical (unpaired) electrons. The van der Waals surface area contributed by atoms with Gasteiger partial charge in [-0.15, -0.1) is 0 Å². The van der Waals surface area contributed by atoms with E-state index in [-0.39, 0.29) is 35.0 Å². The molecule has 6 nitrogen and oxygen atoms in total. The summed E-state index contributed by atoms with van der Waals surface area (Å²) in [5.74, 6) is -0.638. The molecule has 1 N–H and O–H groups in total. The van der Waals surface area contributed by atoms with E-state index in [0.717, 1.165) is 16.7 Å². The number of carbonyl (C=O) groups is 3. The molecule has 0 spiro atoms. The van der Waals surface area contributed by atoms with E-state index >= 15 is 0 Å². The molecule has 0 atom stereocenters. The molecule has 1 heterocycles. The van der Waals surface area contributed by atoms with Gasteiger partial charge in [0.05, 0.1) is 11.4 Å². The summed E-state index contributed by atoms with van der Waals surface area (Å²) in [5.41, 5.74) is 1.99. The molecule has 33 heavy (non-hydrogen) atoms. The number of imide groups is 1. The topological polar surface area (TPSA) is 75.7 Å². The lowest BCUT2D eigenvalue weighted by molar-refractivity contribution is -0.123. The Morgan fingerprint density at radius 1 is 1.00 bits per heavy atom. The van der Waals surface area contributed by atoms with Gasteiger partial charge in [-0.3, -0.25) is 19.3 Å². The lowest BCUT2D eigenvalue weighted by Gasteiger charge is -2.12. The normalized spacial score (nSPS) is 14.6. The third kappa shape index (κ3) is 5.87. The highest BCUT2D eigenvalue weighted by Crippen LogP contribution is 2.33. The lowest BCUT2D eigenvalue weighted by Crippen LogP contribution is -2.27. The lowest BCUT2D eigenvalue weighted by atomic mass is 10.2. The van der Waals surface area contributed by atoms with E-state index in [9.17, 15) is 18.8 Å². The standard InChI is InChI=1S/C25H19FN2O4S/c26-19-11-9-17(10-12-19)15-28-24(30)22(33-25(28)31)14-18-5-4-8-21(13-18)32-16-23(29)27-20-6-2-1-3-7-20/h1-14H,15-16H2,(H,27,29)/b22-14-. The zero-order valence-electron chi connectivity index (χ0n) is 17.4. The number of rotatable bonds is 7. The van der Waals surface area contributed by atoms with E-state index in [4.69, 9.17) is 4.74 Å². The monoisotopic (exact) mass is 462 g/mol. The van der Waals surface area contributed by atoms with Crippen LogP contribution in [0.15, 0.2) is 83.8 Å². The Hall–Kier alpha value is -3.91. The number of nitrogens with one attached hydrogen (secondary N) is 1. The van der Waals surface area contributed by atoms with Crippen molar-refractivity contribution in [3.05, 3.63) is 101 Å². The maximum Gasteiger partial charge on any atom is 0.293 e. The average molecular weight is 463 g/mol. The van der Waals surface area contributed by atoms with Crippen molar-refractivity contribution >= 4 is 40.6 Å². The summed E-state index contributed by atoms with van der Waals surface area (Å²) in [6, 6.07) is 21.6. The molecule has 0 aliphatic carbocycles. The summed E-state index contributed by atoms with van der Waals surface area (Å²) in [4.78, 5) is 38.5. The number of carbonyl (C=O) groups excluding carboxylic acids is 3. The first-order valence-corrected chi connectivity index (χ1v) is 10.9. The van der Waals surface area contributed by atoms with Gasteiger partial charge >= 0.3 is 0 Å². The van der Waals surface area contributed by atoms with Crippen LogP contribution in [0.1, 0.15) is 11.1 Å². The van der Waals surface area contributed by atoms with Crippen LogP contribution in [0.3, 0.4) is 0 Å². The van der Waals surface area contributed by atoms with E-state index in [1.165, 1.54) is 24.3 Å². The van der Waals surface area contributed by atoms with Crippen molar-refractivity contribution in [2.75, 3.05) is 11.9 Å². The molecule has 1 saturated heterocycles. The predicted molar refractivity (Wildman–Crippen MR) is 125 cm³/mol. The molecule has 1 aliphatic rings. The van der Waals surface area contributed by atoms with Crippen LogP contribution in [-0.2, 0) is 16.1 Å². The first-order valence-electron chi connectivity index (χ1n) is 10.1. The van der Waals surface area contributed by atoms with Gasteiger partial charge in [-0.25, -0.2) is 4.39 Å². The van der Waals surface area contributed by atoms with Gasteiger partial charge in [0.2, 0.25) is 0 Å². The van der Waals surface area contributed by atoms with Crippen molar-refractivity contribution in [1.29, 1.82) is 0 Å². The van der Waals surface area contributed by atoms with E-state index < -0.39 is 5.91 Å². The maximum atomic E-state index is 13.1. The molecule has 0 saturated carbocycles. The van der Waals surface area contributed by atoms with Gasteiger partial charge < -0.3 is 10.1 Å². The number of benzene rings is 3. The molecule has 0 aromatic heterocycles. The first kappa shape index (κ1) is 22.3. The number of ether oxygens (including phenoxy) is 1. The molecule has 0 unspecified atom stereocenters. The molecule has 3 amide bonds. The number of hydrogen-bond acceptors (Lipinski definition) is 5. The van der Waals surface area contributed by atoms with Crippen molar-refractivity contribution < 1.29 is 23.5 Å². The highest BCUT2D eigenvalue weighted by atomic mass is 32.2. The smallest absolute Gasteiger partial charge is 0.293 e. The molecular formula is C25H19FN2O4S. The Kier molecular flexibility index (Phi) is 6.85. The van der Waals surface area contributed by atoms with E-state index in [1.807, 2.05) is 18.2 Å². The number of anilines is 1. The van der Waals surface area contributed by atoms with Gasteiger partial charge in [-0.1, -0.05) is 42.5 Å². The Balaban J connectivity index is 1.39. The second-order valence-corrected chi connectivity index (χ2v) is 8.16. The van der Waals surface area contributed by atoms with Crippen molar-refractivity contribution in [3.63, 3.8) is 0 Å². The van der Waals surface area contributed by atoms with Crippen LogP contribution < -0.4 is 10.1 Å². The van der Waals surface area contributed by atoms with Gasteiger partial charge in [0.15, 0.2) is 6.61 Å². The second kappa shape index (κ2) is 10.1. The highest BCUT2D eigenvalue weighted by molar-refractivity contribution is 8.18. The fourth-order valence-electron chi connectivity index (χ4n) is 3.12. The Morgan fingerprint density at radius 3 is 2.52 bits per heavy atom. The third-order valence-electron chi connectivity index (χ3n) is 4.71. The first-order chi connectivity index (χ1) is 16.0. The molecular weight excluding hydrogens is 443 g/mol. The number of para-hydroxylation sites is 1. The summed E-state index contributed by atoms with van der Waals surface area (Å²) < 4.78 is 18.7. The minimum Gasteiger partial charge on any atom is -0.484 e. The number of halogens is 1. The van der Waals surface area contributed by atoms with Crippen LogP contribution >= 0.6 is 11.8 Å². The van der Waals surface area contributed by atoms with Crippen molar-refractivity contribution in [2.24, 2.45) is 0 Å². The SMILES string of the molecule is O=C(COc1cccc(/C=C2\SC(=O)N(Cc3ccc(F)cc3)C2=O)c1)Nc1ccccc1. The summed E-state index contributed by atoms with van der Waals surface area (Å²) >= 11 is 0.844. The van der Waals surface area contributed by atoms with Gasteiger partial charge in [0.25, 0.3) is 17.1 Å². The molecule has 1 aliphatic heterocycles. The van der Waals surface area contributed by atoms with Crippen LogP contribution in [0.4, 0.5) is 14.9 Å². The van der Waals surface area contributed by atoms with Gasteiger partial charge in [-0.2, -0.15) is 0 Å². The highest BCUT2D eigenvalue weighted by Gasteiger charge is 2.34. The molecule has 1 fully saturated rings. The quantitative estimate of drug-likeness (QED) is 0.496. The molecule has 3 aromatic carbocycles. The van der Waals surface area contributed by atoms with Gasteiger partial charge in [0.1, 0.15) is 11.6 Å². The largest absolute Gasteiger partial charge is 0.484 e. The minimum absolute atomic E-state index is 0.0714. The average Bonchev–Trinajstić information content (AvgIpc) is 3.07. The van der Waals surface area contributed by atoms with Crippen LogP contribution in [0.25, 0.3) is 6.08 Å². The number of thioether (sulfide) groups is 1. The predicted octanol–water partition coefficient (Wildman–Crippen LogP) is 5.08. The zero-order valence-corrected chi connectivity index (χ0v) is 18.2. The van der Waals surface area contributed by atoms with Crippen LogP contribution in [0, 0.1) is 5.82 Å². The number of amides is 3. The Morgan fingerprint density at radius 2 is 1.76 bits per heavy atom. The van der Waals surface area contributed by atoms with Gasteiger partial charge in [0, 0.05) is 5.69 Å². The summed E-state index contributed by atoms with van der Waals surface area (Å²) in [6.45, 7) is -0.103. The van der Waals surface area contributed by atoms with E-state index in [1.54, 1.807) is 42.5 Å². The summed E-state index contributed by atoms with van der Waals surface area (Å²) in [5, 5.41) is 2.35. The summed E-state index contributed by atoms with van der Waals surface area (Å²) in [6.07, 6.45) is 1.60. The maximum absolute atomic E-state index is 13.1. The van der Waals surface area contributed by atoms with Crippen LogP contribution in [0.2, 0.25) is 0 Å². The fourth-order valence-corrected chi connectivity index (χ4v) is 3.96. The molecule has 166 valence electrons. The van der Waals surface area contributed by atoms with Crippen LogP contribution in [0.5, 0.6) is 5.75 Å².